The number of hydrogen-bond acceptors (Lipinski definition) is 3. The summed E-state index contributed by atoms with van der Waals surface area (Å²) in [4.78, 5) is 16.5. The number of rotatable bonds is 8. The van der Waals surface area contributed by atoms with E-state index >= 15 is 0 Å². The molecule has 0 spiro atoms. The third kappa shape index (κ3) is 5.46. The summed E-state index contributed by atoms with van der Waals surface area (Å²) in [5, 5.41) is 0. The molecule has 0 aromatic rings. The molecule has 5 heteroatoms. The van der Waals surface area contributed by atoms with Crippen LogP contribution in [0.25, 0.3) is 0 Å². The summed E-state index contributed by atoms with van der Waals surface area (Å²) in [6, 6.07) is 0.642. The molecule has 0 unspecified atom stereocenters. The number of amides is 1. The highest BCUT2D eigenvalue weighted by molar-refractivity contribution is 7.80. The Morgan fingerprint density at radius 3 is 2.53 bits per heavy atom. The first kappa shape index (κ1) is 14.4. The lowest BCUT2D eigenvalue weighted by atomic mass is 10.3. The quantitative estimate of drug-likeness (QED) is 0.659. The van der Waals surface area contributed by atoms with Crippen molar-refractivity contribution in [3.63, 3.8) is 0 Å². The minimum absolute atomic E-state index is 0.168. The lowest BCUT2D eigenvalue weighted by molar-refractivity contribution is -0.131. The maximum absolute atomic E-state index is 12.0. The molecule has 1 aliphatic carbocycles. The minimum atomic E-state index is 0.168. The molecule has 0 radical (unpaired) electrons. The Kier molecular flexibility index (Phi) is 5.85. The van der Waals surface area contributed by atoms with Crippen molar-refractivity contribution in [3.05, 3.63) is 0 Å². The van der Waals surface area contributed by atoms with Gasteiger partial charge in [-0.2, -0.15) is 0 Å². The number of likely N-dealkylation sites (N-methyl/N-ethyl adjacent to an activating group) is 1. The molecule has 0 atom stereocenters. The molecular weight excluding hydrogens is 234 g/mol. The van der Waals surface area contributed by atoms with Gasteiger partial charge in [0.1, 0.15) is 0 Å². The van der Waals surface area contributed by atoms with Crippen molar-refractivity contribution in [3.8, 4) is 0 Å². The monoisotopic (exact) mass is 257 g/mol. The van der Waals surface area contributed by atoms with E-state index in [9.17, 15) is 4.79 Å². The van der Waals surface area contributed by atoms with E-state index in [1.54, 1.807) is 4.90 Å². The molecule has 2 N–H and O–H groups in total. The Hall–Kier alpha value is -0.680. The second kappa shape index (κ2) is 6.91. The highest BCUT2D eigenvalue weighted by Crippen LogP contribution is 2.26. The Morgan fingerprint density at radius 2 is 2.06 bits per heavy atom. The molecule has 1 fully saturated rings. The topological polar surface area (TPSA) is 49.6 Å². The van der Waals surface area contributed by atoms with E-state index in [0.717, 1.165) is 13.0 Å². The standard InChI is InChI=1S/C12H23N3OS/c1-3-7-15(10-4-5-10)9-12(16)14(2)8-6-11(13)17/h10H,3-9H2,1-2H3,(H2,13,17). The summed E-state index contributed by atoms with van der Waals surface area (Å²) < 4.78 is 0. The molecule has 0 bridgehead atoms. The SMILES string of the molecule is CCCN(CC(=O)N(C)CCC(N)=S)C1CC1. The van der Waals surface area contributed by atoms with Crippen LogP contribution in [0.15, 0.2) is 0 Å². The Labute approximate surface area is 109 Å². The van der Waals surface area contributed by atoms with Gasteiger partial charge in [-0.15, -0.1) is 0 Å². The third-order valence-corrected chi connectivity index (χ3v) is 3.24. The number of nitrogens with two attached hydrogens (primary N) is 1. The molecule has 0 aromatic heterocycles. The Bertz CT molecular complexity index is 279. The van der Waals surface area contributed by atoms with E-state index in [1.807, 2.05) is 7.05 Å². The summed E-state index contributed by atoms with van der Waals surface area (Å²) in [5.74, 6) is 0.168. The van der Waals surface area contributed by atoms with Gasteiger partial charge in [-0.05, 0) is 25.8 Å². The number of carbonyl (C=O) groups is 1. The predicted molar refractivity (Wildman–Crippen MR) is 73.9 cm³/mol. The first-order chi connectivity index (χ1) is 8.04. The van der Waals surface area contributed by atoms with Crippen LogP contribution >= 0.6 is 12.2 Å². The van der Waals surface area contributed by atoms with Crippen molar-refractivity contribution < 1.29 is 4.79 Å². The second-order valence-corrected chi connectivity index (χ2v) is 5.26. The van der Waals surface area contributed by atoms with E-state index in [2.05, 4.69) is 11.8 Å². The van der Waals surface area contributed by atoms with Gasteiger partial charge in [0.2, 0.25) is 5.91 Å². The van der Waals surface area contributed by atoms with Crippen molar-refractivity contribution in [2.75, 3.05) is 26.7 Å². The highest BCUT2D eigenvalue weighted by atomic mass is 32.1. The van der Waals surface area contributed by atoms with Crippen molar-refractivity contribution in [1.29, 1.82) is 0 Å². The summed E-state index contributed by atoms with van der Waals surface area (Å²) >= 11 is 4.81. The molecule has 0 heterocycles. The Morgan fingerprint density at radius 1 is 1.41 bits per heavy atom. The summed E-state index contributed by atoms with van der Waals surface area (Å²) in [6.45, 7) is 4.32. The van der Waals surface area contributed by atoms with Crippen LogP contribution in [0.2, 0.25) is 0 Å². The van der Waals surface area contributed by atoms with Gasteiger partial charge in [0.05, 0.1) is 11.5 Å². The van der Waals surface area contributed by atoms with Gasteiger partial charge in [-0.1, -0.05) is 19.1 Å². The van der Waals surface area contributed by atoms with Gasteiger partial charge >= 0.3 is 0 Å². The molecule has 1 aliphatic rings. The smallest absolute Gasteiger partial charge is 0.236 e. The molecule has 0 aliphatic heterocycles. The predicted octanol–water partition coefficient (Wildman–Crippen LogP) is 0.995. The number of hydrogen-bond donors (Lipinski definition) is 1. The van der Waals surface area contributed by atoms with Gasteiger partial charge in [-0.25, -0.2) is 0 Å². The van der Waals surface area contributed by atoms with Crippen LogP contribution in [0.3, 0.4) is 0 Å². The Balaban J connectivity index is 2.32. The molecule has 1 rings (SSSR count). The fourth-order valence-electron chi connectivity index (χ4n) is 1.81. The first-order valence-electron chi connectivity index (χ1n) is 6.31. The van der Waals surface area contributed by atoms with E-state index < -0.39 is 0 Å². The lowest BCUT2D eigenvalue weighted by Crippen LogP contribution is -2.40. The molecule has 4 nitrogen and oxygen atoms in total. The van der Waals surface area contributed by atoms with Gasteiger partial charge in [0.25, 0.3) is 0 Å². The van der Waals surface area contributed by atoms with Crippen LogP contribution in [0.1, 0.15) is 32.6 Å². The van der Waals surface area contributed by atoms with Crippen LogP contribution in [0.4, 0.5) is 0 Å². The van der Waals surface area contributed by atoms with E-state index in [1.165, 1.54) is 12.8 Å². The zero-order valence-corrected chi connectivity index (χ0v) is 11.6. The largest absolute Gasteiger partial charge is 0.393 e. The molecule has 1 amide bonds. The first-order valence-corrected chi connectivity index (χ1v) is 6.71. The molecule has 1 saturated carbocycles. The van der Waals surface area contributed by atoms with Crippen LogP contribution in [-0.2, 0) is 4.79 Å². The number of thiocarbonyl (C=S) groups is 1. The normalized spacial score (nSPS) is 15.0. The second-order valence-electron chi connectivity index (χ2n) is 4.73. The lowest BCUT2D eigenvalue weighted by Gasteiger charge is -2.24. The van der Waals surface area contributed by atoms with Crippen LogP contribution in [-0.4, -0.2) is 53.4 Å². The van der Waals surface area contributed by atoms with E-state index in [-0.39, 0.29) is 5.91 Å². The van der Waals surface area contributed by atoms with Gasteiger partial charge in [-0.3, -0.25) is 9.69 Å². The molecule has 0 saturated heterocycles. The number of nitrogens with zero attached hydrogens (tertiary/aromatic N) is 2. The van der Waals surface area contributed by atoms with Crippen molar-refractivity contribution in [2.45, 2.75) is 38.6 Å². The molecule has 0 aromatic carbocycles. The highest BCUT2D eigenvalue weighted by Gasteiger charge is 2.30. The maximum atomic E-state index is 12.0. The minimum Gasteiger partial charge on any atom is -0.393 e. The van der Waals surface area contributed by atoms with Crippen LogP contribution in [0, 0.1) is 0 Å². The molecule has 17 heavy (non-hydrogen) atoms. The van der Waals surface area contributed by atoms with Crippen molar-refractivity contribution >= 4 is 23.1 Å². The van der Waals surface area contributed by atoms with Crippen LogP contribution < -0.4 is 5.73 Å². The van der Waals surface area contributed by atoms with Crippen molar-refractivity contribution in [2.24, 2.45) is 5.73 Å². The average molecular weight is 257 g/mol. The molecular formula is C12H23N3OS. The summed E-state index contributed by atoms with van der Waals surface area (Å²) in [7, 11) is 1.82. The van der Waals surface area contributed by atoms with Gasteiger partial charge in [0.15, 0.2) is 0 Å². The average Bonchev–Trinajstić information content (AvgIpc) is 3.08. The van der Waals surface area contributed by atoms with Gasteiger partial charge in [0, 0.05) is 26.1 Å². The maximum Gasteiger partial charge on any atom is 0.236 e. The van der Waals surface area contributed by atoms with E-state index in [4.69, 9.17) is 18.0 Å². The van der Waals surface area contributed by atoms with Gasteiger partial charge < -0.3 is 10.6 Å². The molecule has 98 valence electrons. The van der Waals surface area contributed by atoms with Crippen molar-refractivity contribution in [1.82, 2.24) is 9.80 Å². The van der Waals surface area contributed by atoms with E-state index in [0.29, 0.717) is 30.5 Å². The fourth-order valence-corrected chi connectivity index (χ4v) is 1.91. The zero-order chi connectivity index (χ0) is 12.8. The number of carbonyl (C=O) groups excluding carboxylic acids is 1. The fraction of sp³-hybridized carbons (Fsp3) is 0.833. The summed E-state index contributed by atoms with van der Waals surface area (Å²) in [5.41, 5.74) is 5.43. The zero-order valence-electron chi connectivity index (χ0n) is 10.8. The van der Waals surface area contributed by atoms with Crippen LogP contribution in [0.5, 0.6) is 0 Å². The summed E-state index contributed by atoms with van der Waals surface area (Å²) in [6.07, 6.45) is 4.18. The third-order valence-electron chi connectivity index (χ3n) is 3.03.